The summed E-state index contributed by atoms with van der Waals surface area (Å²) in [6, 6.07) is 17.9. The second-order valence-electron chi connectivity index (χ2n) is 8.95. The smallest absolute Gasteiger partial charge is 0.251 e. The van der Waals surface area contributed by atoms with Crippen LogP contribution in [-0.2, 0) is 0 Å². The van der Waals surface area contributed by atoms with Crippen molar-refractivity contribution in [1.29, 1.82) is 0 Å². The molecule has 1 aliphatic rings. The monoisotopic (exact) mass is 455 g/mol. The zero-order valence-corrected chi connectivity index (χ0v) is 19.5. The number of carbonyl (C=O) groups excluding carboxylic acids is 1. The molecule has 0 unspecified atom stereocenters. The Morgan fingerprint density at radius 2 is 1.68 bits per heavy atom. The summed E-state index contributed by atoms with van der Waals surface area (Å²) in [5, 5.41) is 12.0. The Morgan fingerprint density at radius 1 is 0.941 bits per heavy atom. The number of hydrogen-bond donors (Lipinski definition) is 2. The number of anilines is 2. The SMILES string of the molecule is CN(C)c1nc(N[C@H]2CC[C@@H](NC(=O)c3ccc(-n4cccn4)cc3)CC2)nc2ccccc12. The third-order valence-corrected chi connectivity index (χ3v) is 6.30. The first kappa shape index (κ1) is 21.9. The van der Waals surface area contributed by atoms with E-state index in [4.69, 9.17) is 9.97 Å². The van der Waals surface area contributed by atoms with Crippen molar-refractivity contribution in [3.05, 3.63) is 72.6 Å². The fraction of sp³-hybridized carbons (Fsp3) is 0.308. The predicted octanol–water partition coefficient (Wildman–Crippen LogP) is 4.03. The van der Waals surface area contributed by atoms with Crippen LogP contribution in [0.15, 0.2) is 67.0 Å². The van der Waals surface area contributed by atoms with Gasteiger partial charge in [0.1, 0.15) is 5.82 Å². The zero-order valence-electron chi connectivity index (χ0n) is 19.5. The number of amides is 1. The molecule has 5 rings (SSSR count). The van der Waals surface area contributed by atoms with Crippen LogP contribution in [0.1, 0.15) is 36.0 Å². The van der Waals surface area contributed by atoms with Crippen molar-refractivity contribution in [3.8, 4) is 5.69 Å². The Bertz CT molecular complexity index is 1260. The van der Waals surface area contributed by atoms with E-state index in [1.54, 1.807) is 10.9 Å². The van der Waals surface area contributed by atoms with Crippen molar-refractivity contribution >= 4 is 28.6 Å². The van der Waals surface area contributed by atoms with Gasteiger partial charge >= 0.3 is 0 Å². The molecule has 1 aliphatic carbocycles. The Morgan fingerprint density at radius 3 is 2.38 bits per heavy atom. The maximum absolute atomic E-state index is 12.7. The van der Waals surface area contributed by atoms with Gasteiger partial charge in [-0.3, -0.25) is 4.79 Å². The number of aromatic nitrogens is 4. The van der Waals surface area contributed by atoms with Crippen LogP contribution in [0.3, 0.4) is 0 Å². The molecular formula is C26H29N7O. The van der Waals surface area contributed by atoms with Crippen molar-refractivity contribution in [1.82, 2.24) is 25.1 Å². The van der Waals surface area contributed by atoms with Crippen molar-refractivity contribution < 1.29 is 4.79 Å². The predicted molar refractivity (Wildman–Crippen MR) is 135 cm³/mol. The van der Waals surface area contributed by atoms with Crippen molar-refractivity contribution in [2.45, 2.75) is 37.8 Å². The molecule has 34 heavy (non-hydrogen) atoms. The van der Waals surface area contributed by atoms with Gasteiger partial charge in [-0.2, -0.15) is 10.1 Å². The van der Waals surface area contributed by atoms with Gasteiger partial charge in [0, 0.05) is 49.5 Å². The first-order valence-electron chi connectivity index (χ1n) is 11.7. The van der Waals surface area contributed by atoms with E-state index in [-0.39, 0.29) is 18.0 Å². The molecule has 0 atom stereocenters. The number of nitrogens with zero attached hydrogens (tertiary/aromatic N) is 5. The second kappa shape index (κ2) is 9.51. The third kappa shape index (κ3) is 4.71. The lowest BCUT2D eigenvalue weighted by Crippen LogP contribution is -2.40. The van der Waals surface area contributed by atoms with E-state index in [0.29, 0.717) is 11.5 Å². The maximum atomic E-state index is 12.7. The summed E-state index contributed by atoms with van der Waals surface area (Å²) in [6.07, 6.45) is 7.37. The maximum Gasteiger partial charge on any atom is 0.251 e. The molecule has 0 spiro atoms. The van der Waals surface area contributed by atoms with Gasteiger partial charge in [-0.25, -0.2) is 9.67 Å². The third-order valence-electron chi connectivity index (χ3n) is 6.30. The van der Waals surface area contributed by atoms with Crippen LogP contribution in [0.25, 0.3) is 16.6 Å². The lowest BCUT2D eigenvalue weighted by Gasteiger charge is -2.30. The lowest BCUT2D eigenvalue weighted by atomic mass is 9.91. The van der Waals surface area contributed by atoms with Gasteiger partial charge in [-0.05, 0) is 68.1 Å². The van der Waals surface area contributed by atoms with E-state index >= 15 is 0 Å². The van der Waals surface area contributed by atoms with E-state index in [1.165, 1.54) is 0 Å². The van der Waals surface area contributed by atoms with Crippen LogP contribution in [-0.4, -0.2) is 51.8 Å². The Labute approximate surface area is 199 Å². The summed E-state index contributed by atoms with van der Waals surface area (Å²) >= 11 is 0. The van der Waals surface area contributed by atoms with E-state index in [2.05, 4.69) is 15.7 Å². The highest BCUT2D eigenvalue weighted by molar-refractivity contribution is 5.94. The highest BCUT2D eigenvalue weighted by atomic mass is 16.1. The molecule has 0 bridgehead atoms. The van der Waals surface area contributed by atoms with Crippen LogP contribution >= 0.6 is 0 Å². The Balaban J connectivity index is 1.17. The molecule has 2 heterocycles. The minimum Gasteiger partial charge on any atom is -0.362 e. The molecule has 2 aromatic carbocycles. The van der Waals surface area contributed by atoms with Crippen LogP contribution in [0.4, 0.5) is 11.8 Å². The molecular weight excluding hydrogens is 426 g/mol. The molecule has 1 fully saturated rings. The summed E-state index contributed by atoms with van der Waals surface area (Å²) in [7, 11) is 3.99. The summed E-state index contributed by atoms with van der Waals surface area (Å²) in [4.78, 5) is 24.2. The number of carbonyl (C=O) groups is 1. The van der Waals surface area contributed by atoms with E-state index in [0.717, 1.165) is 48.1 Å². The number of nitrogens with one attached hydrogen (secondary N) is 2. The quantitative estimate of drug-likeness (QED) is 0.456. The Kier molecular flexibility index (Phi) is 6.12. The first-order chi connectivity index (χ1) is 16.6. The topological polar surface area (TPSA) is 88.0 Å². The zero-order chi connectivity index (χ0) is 23.5. The van der Waals surface area contributed by atoms with Crippen molar-refractivity contribution in [2.24, 2.45) is 0 Å². The highest BCUT2D eigenvalue weighted by Crippen LogP contribution is 2.26. The van der Waals surface area contributed by atoms with Crippen LogP contribution < -0.4 is 15.5 Å². The highest BCUT2D eigenvalue weighted by Gasteiger charge is 2.24. The molecule has 1 amide bonds. The number of benzene rings is 2. The lowest BCUT2D eigenvalue weighted by molar-refractivity contribution is 0.0926. The average Bonchev–Trinajstić information content (AvgIpc) is 3.40. The van der Waals surface area contributed by atoms with E-state index in [9.17, 15) is 4.79 Å². The molecule has 0 saturated heterocycles. The summed E-state index contributed by atoms with van der Waals surface area (Å²) in [6.45, 7) is 0. The van der Waals surface area contributed by atoms with E-state index in [1.807, 2.05) is 79.8 Å². The molecule has 0 aliphatic heterocycles. The van der Waals surface area contributed by atoms with Gasteiger partial charge in [0.2, 0.25) is 5.95 Å². The normalized spacial score (nSPS) is 17.9. The Hall–Kier alpha value is -3.94. The largest absolute Gasteiger partial charge is 0.362 e. The molecule has 0 radical (unpaired) electrons. The summed E-state index contributed by atoms with van der Waals surface area (Å²) in [5.41, 5.74) is 2.53. The molecule has 174 valence electrons. The number of hydrogen-bond acceptors (Lipinski definition) is 6. The first-order valence-corrected chi connectivity index (χ1v) is 11.7. The summed E-state index contributed by atoms with van der Waals surface area (Å²) in [5.74, 6) is 1.54. The van der Waals surface area contributed by atoms with Crippen molar-refractivity contribution in [2.75, 3.05) is 24.3 Å². The van der Waals surface area contributed by atoms with Gasteiger partial charge in [0.05, 0.1) is 11.2 Å². The molecule has 1 saturated carbocycles. The fourth-order valence-corrected chi connectivity index (χ4v) is 4.49. The molecule has 8 heteroatoms. The minimum absolute atomic E-state index is 0.0306. The van der Waals surface area contributed by atoms with Crippen LogP contribution in [0.2, 0.25) is 0 Å². The number of para-hydroxylation sites is 1. The molecule has 2 N–H and O–H groups in total. The number of fused-ring (bicyclic) bond motifs is 1. The molecule has 8 nitrogen and oxygen atoms in total. The van der Waals surface area contributed by atoms with Gasteiger partial charge in [0.25, 0.3) is 5.91 Å². The minimum atomic E-state index is -0.0306. The molecule has 2 aromatic heterocycles. The average molecular weight is 456 g/mol. The number of rotatable bonds is 6. The standard InChI is InChI=1S/C26H29N7O/c1-32(2)24-22-6-3-4-7-23(22)30-26(31-24)29-20-12-10-19(11-13-20)28-25(34)18-8-14-21(15-9-18)33-17-5-16-27-33/h3-9,14-17,19-20H,10-13H2,1-2H3,(H,28,34)(H,29,30,31)/t19-,20+. The van der Waals surface area contributed by atoms with Gasteiger partial charge in [-0.1, -0.05) is 12.1 Å². The van der Waals surface area contributed by atoms with Crippen LogP contribution in [0.5, 0.6) is 0 Å². The molecule has 4 aromatic rings. The summed E-state index contributed by atoms with van der Waals surface area (Å²) < 4.78 is 1.77. The second-order valence-corrected chi connectivity index (χ2v) is 8.95. The van der Waals surface area contributed by atoms with Gasteiger partial charge < -0.3 is 15.5 Å². The van der Waals surface area contributed by atoms with E-state index < -0.39 is 0 Å². The fourth-order valence-electron chi connectivity index (χ4n) is 4.49. The van der Waals surface area contributed by atoms with Crippen LogP contribution in [0, 0.1) is 0 Å². The van der Waals surface area contributed by atoms with Crippen molar-refractivity contribution in [3.63, 3.8) is 0 Å². The van der Waals surface area contributed by atoms with Gasteiger partial charge in [-0.15, -0.1) is 0 Å². The van der Waals surface area contributed by atoms with Gasteiger partial charge in [0.15, 0.2) is 0 Å².